The fourth-order valence-electron chi connectivity index (χ4n) is 3.83. The summed E-state index contributed by atoms with van der Waals surface area (Å²) >= 11 is 3.13. The van der Waals surface area contributed by atoms with E-state index < -0.39 is 34.8 Å². The first-order chi connectivity index (χ1) is 18.9. The normalized spacial score (nSPS) is 12.5. The highest BCUT2D eigenvalue weighted by Gasteiger charge is 2.55. The predicted molar refractivity (Wildman–Crippen MR) is 150 cm³/mol. The average Bonchev–Trinajstić information content (AvgIpc) is 2.93. The number of hydrogen-bond acceptors (Lipinski definition) is 7. The Morgan fingerprint density at radius 2 is 1.48 bits per heavy atom. The summed E-state index contributed by atoms with van der Waals surface area (Å²) in [6.07, 6.45) is 0. The van der Waals surface area contributed by atoms with E-state index in [0.717, 1.165) is 6.07 Å². The number of methoxy groups -OCH3 is 1. The Bertz CT molecular complexity index is 1460. The molecular weight excluding hydrogens is 631 g/mol. The standard InChI is InChI=1S/C27H29BrF2NO7PS/c1-4-37-39(33,38-5-2)27(29,30)24-16-13-21(17-25(24)28)19-31(40(34,35)23-9-7-6-8-10-23)18-20-11-14-22(15-12-20)26(32)36-3/h6-17H,4-5,18-19H2,1-3H3. The van der Waals surface area contributed by atoms with E-state index in [4.69, 9.17) is 13.8 Å². The first kappa shape index (κ1) is 32.0. The summed E-state index contributed by atoms with van der Waals surface area (Å²) in [5.41, 5.74) is -3.30. The minimum atomic E-state index is -4.84. The lowest BCUT2D eigenvalue weighted by Crippen LogP contribution is -2.30. The van der Waals surface area contributed by atoms with Gasteiger partial charge in [-0.3, -0.25) is 4.57 Å². The summed E-state index contributed by atoms with van der Waals surface area (Å²) in [6.45, 7) is 2.15. The van der Waals surface area contributed by atoms with Crippen LogP contribution in [0.1, 0.15) is 40.9 Å². The van der Waals surface area contributed by atoms with Crippen molar-refractivity contribution in [3.05, 3.63) is 99.5 Å². The number of nitrogens with zero attached hydrogens (tertiary/aromatic N) is 1. The largest absolute Gasteiger partial charge is 0.465 e. The summed E-state index contributed by atoms with van der Waals surface area (Å²) in [4.78, 5) is 11.8. The maximum absolute atomic E-state index is 15.4. The SMILES string of the molecule is CCOP(=O)(OCC)C(F)(F)c1ccc(CN(Cc2ccc(C(=O)OC)cc2)S(=O)(=O)c2ccccc2)cc1Br. The number of hydrogen-bond donors (Lipinski definition) is 0. The molecule has 0 atom stereocenters. The summed E-state index contributed by atoms with van der Waals surface area (Å²) in [7, 11) is -7.61. The molecule has 3 aromatic rings. The van der Waals surface area contributed by atoms with Crippen LogP contribution in [0.5, 0.6) is 0 Å². The molecule has 0 unspecified atom stereocenters. The van der Waals surface area contributed by atoms with Crippen LogP contribution in [-0.2, 0) is 47.1 Å². The molecule has 0 saturated heterocycles. The van der Waals surface area contributed by atoms with Crippen LogP contribution >= 0.6 is 23.5 Å². The van der Waals surface area contributed by atoms with Gasteiger partial charge in [-0.05, 0) is 55.3 Å². The molecule has 0 N–H and O–H groups in total. The first-order valence-electron chi connectivity index (χ1n) is 12.2. The Hall–Kier alpha value is -2.47. The summed E-state index contributed by atoms with van der Waals surface area (Å²) < 4.78 is 86.4. The number of benzene rings is 3. The minimum absolute atomic E-state index is 0.0535. The van der Waals surface area contributed by atoms with Gasteiger partial charge in [0.15, 0.2) is 0 Å². The maximum Gasteiger partial charge on any atom is 0.404 e. The third-order valence-corrected chi connectivity index (χ3v) is 10.4. The van der Waals surface area contributed by atoms with Crippen molar-refractivity contribution in [2.24, 2.45) is 0 Å². The van der Waals surface area contributed by atoms with Gasteiger partial charge in [0.1, 0.15) is 0 Å². The highest BCUT2D eigenvalue weighted by Crippen LogP contribution is 2.67. The van der Waals surface area contributed by atoms with Gasteiger partial charge in [-0.1, -0.05) is 58.4 Å². The van der Waals surface area contributed by atoms with Crippen molar-refractivity contribution in [2.45, 2.75) is 37.5 Å². The molecule has 0 amide bonds. The molecule has 0 heterocycles. The molecule has 8 nitrogen and oxygen atoms in total. The number of sulfonamides is 1. The molecule has 0 saturated carbocycles. The van der Waals surface area contributed by atoms with Gasteiger partial charge in [0.05, 0.1) is 30.8 Å². The molecule has 0 spiro atoms. The molecule has 0 aromatic heterocycles. The van der Waals surface area contributed by atoms with Crippen LogP contribution < -0.4 is 0 Å². The molecule has 13 heteroatoms. The van der Waals surface area contributed by atoms with Crippen LogP contribution in [0, 0.1) is 0 Å². The Morgan fingerprint density at radius 1 is 0.925 bits per heavy atom. The van der Waals surface area contributed by atoms with Gasteiger partial charge in [-0.2, -0.15) is 13.1 Å². The second kappa shape index (κ2) is 13.5. The molecule has 40 heavy (non-hydrogen) atoms. The molecule has 216 valence electrons. The minimum Gasteiger partial charge on any atom is -0.465 e. The number of esters is 1. The van der Waals surface area contributed by atoms with E-state index in [1.807, 2.05) is 0 Å². The molecule has 3 aromatic carbocycles. The van der Waals surface area contributed by atoms with E-state index >= 15 is 8.78 Å². The van der Waals surface area contributed by atoms with Crippen molar-refractivity contribution in [1.82, 2.24) is 4.31 Å². The van der Waals surface area contributed by atoms with Crippen molar-refractivity contribution in [2.75, 3.05) is 20.3 Å². The van der Waals surface area contributed by atoms with Crippen molar-refractivity contribution < 1.29 is 40.3 Å². The van der Waals surface area contributed by atoms with Crippen molar-refractivity contribution in [1.29, 1.82) is 0 Å². The topological polar surface area (TPSA) is 99.2 Å². The highest BCUT2D eigenvalue weighted by atomic mass is 79.9. The molecule has 0 aliphatic carbocycles. The van der Waals surface area contributed by atoms with E-state index in [1.165, 1.54) is 61.7 Å². The van der Waals surface area contributed by atoms with Gasteiger partial charge in [0.25, 0.3) is 0 Å². The van der Waals surface area contributed by atoms with E-state index in [2.05, 4.69) is 15.9 Å². The number of ether oxygens (including phenoxy) is 1. The lowest BCUT2D eigenvalue weighted by atomic mass is 10.1. The Labute approximate surface area is 241 Å². The second-order valence-corrected chi connectivity index (χ2v) is 13.3. The zero-order valence-electron chi connectivity index (χ0n) is 22.1. The average molecular weight is 660 g/mol. The van der Waals surface area contributed by atoms with Crippen LogP contribution in [0.2, 0.25) is 0 Å². The molecule has 0 aliphatic heterocycles. The van der Waals surface area contributed by atoms with Gasteiger partial charge in [-0.15, -0.1) is 0 Å². The Morgan fingerprint density at radius 3 is 2.00 bits per heavy atom. The van der Waals surface area contributed by atoms with Crippen LogP contribution in [0.25, 0.3) is 0 Å². The van der Waals surface area contributed by atoms with Crippen molar-refractivity contribution >= 4 is 39.5 Å². The lowest BCUT2D eigenvalue weighted by Gasteiger charge is -2.27. The molecular formula is C27H29BrF2NO7PS. The number of carbonyl (C=O) groups excluding carboxylic acids is 1. The first-order valence-corrected chi connectivity index (χ1v) is 16.0. The fraction of sp³-hybridized carbons (Fsp3) is 0.296. The van der Waals surface area contributed by atoms with E-state index in [1.54, 1.807) is 30.3 Å². The number of halogens is 3. The van der Waals surface area contributed by atoms with Crippen LogP contribution in [0.4, 0.5) is 8.78 Å². The number of carbonyl (C=O) groups is 1. The molecule has 0 fully saturated rings. The van der Waals surface area contributed by atoms with E-state index in [-0.39, 0.29) is 35.7 Å². The van der Waals surface area contributed by atoms with E-state index in [9.17, 15) is 17.8 Å². The number of alkyl halides is 2. The fourth-order valence-corrected chi connectivity index (χ4v) is 7.66. The van der Waals surface area contributed by atoms with Crippen LogP contribution in [0.15, 0.2) is 82.2 Å². The molecule has 0 radical (unpaired) electrons. The van der Waals surface area contributed by atoms with Gasteiger partial charge >= 0.3 is 19.2 Å². The van der Waals surface area contributed by atoms with Gasteiger partial charge in [0, 0.05) is 23.1 Å². The lowest BCUT2D eigenvalue weighted by molar-refractivity contribution is 0.0354. The summed E-state index contributed by atoms with van der Waals surface area (Å²) in [6, 6.07) is 17.8. The highest BCUT2D eigenvalue weighted by molar-refractivity contribution is 9.10. The number of rotatable bonds is 13. The summed E-state index contributed by atoms with van der Waals surface area (Å²) in [5, 5.41) is 0. The monoisotopic (exact) mass is 659 g/mol. The second-order valence-electron chi connectivity index (χ2n) is 8.46. The Kier molecular flexibility index (Phi) is 10.8. The third-order valence-electron chi connectivity index (χ3n) is 5.77. The zero-order chi connectivity index (χ0) is 29.6. The Balaban J connectivity index is 1.98. The smallest absolute Gasteiger partial charge is 0.404 e. The molecule has 0 bridgehead atoms. The van der Waals surface area contributed by atoms with Gasteiger partial charge < -0.3 is 13.8 Å². The van der Waals surface area contributed by atoms with Crippen molar-refractivity contribution in [3.8, 4) is 0 Å². The van der Waals surface area contributed by atoms with Crippen molar-refractivity contribution in [3.63, 3.8) is 0 Å². The van der Waals surface area contributed by atoms with Crippen LogP contribution in [0.3, 0.4) is 0 Å². The van der Waals surface area contributed by atoms with Gasteiger partial charge in [-0.25, -0.2) is 13.2 Å². The van der Waals surface area contributed by atoms with Gasteiger partial charge in [0.2, 0.25) is 10.0 Å². The quantitative estimate of drug-likeness (QED) is 0.145. The van der Waals surface area contributed by atoms with E-state index in [0.29, 0.717) is 16.7 Å². The summed E-state index contributed by atoms with van der Waals surface area (Å²) in [5.74, 6) is -0.528. The predicted octanol–water partition coefficient (Wildman–Crippen LogP) is 6.94. The van der Waals surface area contributed by atoms with Crippen LogP contribution in [-0.4, -0.2) is 39.0 Å². The third kappa shape index (κ3) is 7.05. The molecule has 0 aliphatic rings. The molecule has 3 rings (SSSR count). The maximum atomic E-state index is 15.4. The zero-order valence-corrected chi connectivity index (χ0v) is 25.3.